The zero-order chi connectivity index (χ0) is 18.5. The molecule has 130 valence electrons. The second-order valence-corrected chi connectivity index (χ2v) is 7.29. The molecule has 5 nitrogen and oxygen atoms in total. The molecule has 0 unspecified atom stereocenters. The van der Waals surface area contributed by atoms with Gasteiger partial charge >= 0.3 is 0 Å². The number of halogens is 1. The standard InChI is InChI=1S/C19H13BrN2O3S/c20-15-7-5-13(6-8-15)12-22-18(23)17(26-19(22)24)11-14-3-1-2-4-16(14)25-10-9-21/h1-8,11H,10,12H2/b17-11-. The van der Waals surface area contributed by atoms with Crippen LogP contribution in [-0.2, 0) is 11.3 Å². The van der Waals surface area contributed by atoms with Crippen LogP contribution in [0.1, 0.15) is 11.1 Å². The number of hydrogen-bond acceptors (Lipinski definition) is 5. The zero-order valence-electron chi connectivity index (χ0n) is 13.5. The van der Waals surface area contributed by atoms with Gasteiger partial charge in [0.05, 0.1) is 11.4 Å². The molecule has 1 aliphatic heterocycles. The molecular weight excluding hydrogens is 416 g/mol. The minimum Gasteiger partial charge on any atom is -0.478 e. The van der Waals surface area contributed by atoms with Crippen LogP contribution in [0.2, 0.25) is 0 Å². The minimum absolute atomic E-state index is 0.0874. The number of imide groups is 1. The lowest BCUT2D eigenvalue weighted by Crippen LogP contribution is -2.27. The maximum atomic E-state index is 12.6. The van der Waals surface area contributed by atoms with Crippen molar-refractivity contribution in [3.05, 3.63) is 69.0 Å². The molecule has 26 heavy (non-hydrogen) atoms. The summed E-state index contributed by atoms with van der Waals surface area (Å²) >= 11 is 4.26. The van der Waals surface area contributed by atoms with E-state index < -0.39 is 0 Å². The van der Waals surface area contributed by atoms with E-state index in [2.05, 4.69) is 15.9 Å². The van der Waals surface area contributed by atoms with E-state index in [1.807, 2.05) is 30.3 Å². The van der Waals surface area contributed by atoms with Gasteiger partial charge in [0.25, 0.3) is 11.1 Å². The summed E-state index contributed by atoms with van der Waals surface area (Å²) in [5, 5.41) is 8.36. The van der Waals surface area contributed by atoms with Crippen LogP contribution in [0.25, 0.3) is 6.08 Å². The minimum atomic E-state index is -0.335. The molecular formula is C19H13BrN2O3S. The van der Waals surface area contributed by atoms with Crippen LogP contribution in [0.3, 0.4) is 0 Å². The molecule has 0 radical (unpaired) electrons. The predicted molar refractivity (Wildman–Crippen MR) is 103 cm³/mol. The third kappa shape index (κ3) is 4.15. The van der Waals surface area contributed by atoms with Gasteiger partial charge in [-0.2, -0.15) is 5.26 Å². The van der Waals surface area contributed by atoms with Crippen molar-refractivity contribution in [2.75, 3.05) is 6.61 Å². The number of carbonyl (C=O) groups is 2. The summed E-state index contributed by atoms with van der Waals surface area (Å²) in [5.41, 5.74) is 1.52. The highest BCUT2D eigenvalue weighted by Gasteiger charge is 2.35. The largest absolute Gasteiger partial charge is 0.478 e. The Labute approximate surface area is 163 Å². The Bertz CT molecular complexity index is 919. The van der Waals surface area contributed by atoms with Crippen molar-refractivity contribution in [2.45, 2.75) is 6.54 Å². The third-order valence-electron chi connectivity index (χ3n) is 3.63. The number of thioether (sulfide) groups is 1. The van der Waals surface area contributed by atoms with Crippen LogP contribution >= 0.6 is 27.7 Å². The van der Waals surface area contributed by atoms with Gasteiger partial charge in [0.1, 0.15) is 11.8 Å². The molecule has 1 heterocycles. The van der Waals surface area contributed by atoms with E-state index in [1.54, 1.807) is 30.3 Å². The maximum absolute atomic E-state index is 12.6. The number of nitriles is 1. The maximum Gasteiger partial charge on any atom is 0.293 e. The first kappa shape index (κ1) is 18.2. The first-order valence-corrected chi connectivity index (χ1v) is 9.28. The first-order chi connectivity index (χ1) is 12.6. The molecule has 2 aromatic carbocycles. The summed E-state index contributed by atoms with van der Waals surface area (Å²) in [7, 11) is 0. The van der Waals surface area contributed by atoms with Gasteiger partial charge in [0.15, 0.2) is 6.61 Å². The molecule has 0 N–H and O–H groups in total. The number of rotatable bonds is 5. The van der Waals surface area contributed by atoms with Crippen LogP contribution < -0.4 is 4.74 Å². The second-order valence-electron chi connectivity index (χ2n) is 5.38. The Morgan fingerprint density at radius 3 is 2.62 bits per heavy atom. The summed E-state index contributed by atoms with van der Waals surface area (Å²) in [6.45, 7) is 0.137. The fraction of sp³-hybridized carbons (Fsp3) is 0.105. The molecule has 1 aliphatic rings. The lowest BCUT2D eigenvalue weighted by Gasteiger charge is -2.12. The normalized spacial score (nSPS) is 15.4. The van der Waals surface area contributed by atoms with Gasteiger partial charge in [-0.15, -0.1) is 0 Å². The zero-order valence-corrected chi connectivity index (χ0v) is 15.9. The molecule has 0 aliphatic carbocycles. The summed E-state index contributed by atoms with van der Waals surface area (Å²) in [6.07, 6.45) is 1.62. The first-order valence-electron chi connectivity index (χ1n) is 7.67. The van der Waals surface area contributed by atoms with Crippen molar-refractivity contribution in [2.24, 2.45) is 0 Å². The quantitative estimate of drug-likeness (QED) is 0.651. The van der Waals surface area contributed by atoms with E-state index in [-0.39, 0.29) is 24.3 Å². The lowest BCUT2D eigenvalue weighted by molar-refractivity contribution is -0.123. The van der Waals surface area contributed by atoms with Gasteiger partial charge < -0.3 is 4.74 Å². The number of benzene rings is 2. The molecule has 0 bridgehead atoms. The SMILES string of the molecule is N#CCOc1ccccc1/C=C1\SC(=O)N(Cc2ccc(Br)cc2)C1=O. The smallest absolute Gasteiger partial charge is 0.293 e. The van der Waals surface area contributed by atoms with E-state index >= 15 is 0 Å². The molecule has 2 aromatic rings. The van der Waals surface area contributed by atoms with Crippen molar-refractivity contribution in [3.8, 4) is 11.8 Å². The third-order valence-corrected chi connectivity index (χ3v) is 5.06. The Morgan fingerprint density at radius 2 is 1.88 bits per heavy atom. The highest BCUT2D eigenvalue weighted by molar-refractivity contribution is 9.10. The van der Waals surface area contributed by atoms with E-state index in [4.69, 9.17) is 10.00 Å². The summed E-state index contributed by atoms with van der Waals surface area (Å²) in [6, 6.07) is 16.4. The Morgan fingerprint density at radius 1 is 1.15 bits per heavy atom. The Kier molecular flexibility index (Phi) is 5.76. The molecule has 7 heteroatoms. The van der Waals surface area contributed by atoms with E-state index in [0.717, 1.165) is 21.8 Å². The highest BCUT2D eigenvalue weighted by Crippen LogP contribution is 2.34. The fourth-order valence-corrected chi connectivity index (χ4v) is 3.48. The predicted octanol–water partition coefficient (Wildman–Crippen LogP) is 4.59. The Balaban J connectivity index is 1.81. The van der Waals surface area contributed by atoms with E-state index in [9.17, 15) is 9.59 Å². The highest BCUT2D eigenvalue weighted by atomic mass is 79.9. The molecule has 0 atom stereocenters. The van der Waals surface area contributed by atoms with Crippen LogP contribution in [0.15, 0.2) is 57.9 Å². The summed E-state index contributed by atoms with van der Waals surface area (Å²) in [5.74, 6) is 0.159. The van der Waals surface area contributed by atoms with Crippen LogP contribution in [0.4, 0.5) is 4.79 Å². The topological polar surface area (TPSA) is 70.4 Å². The van der Waals surface area contributed by atoms with Crippen LogP contribution in [0.5, 0.6) is 5.75 Å². The fourth-order valence-electron chi connectivity index (χ4n) is 2.39. The van der Waals surface area contributed by atoms with Gasteiger partial charge in [0.2, 0.25) is 0 Å². The van der Waals surface area contributed by atoms with E-state index in [0.29, 0.717) is 16.2 Å². The van der Waals surface area contributed by atoms with Crippen LogP contribution in [0, 0.1) is 11.3 Å². The molecule has 1 fully saturated rings. The Hall–Kier alpha value is -2.56. The number of hydrogen-bond donors (Lipinski definition) is 0. The second kappa shape index (κ2) is 8.21. The molecule has 1 saturated heterocycles. The van der Waals surface area contributed by atoms with Crippen molar-refractivity contribution in [1.29, 1.82) is 5.26 Å². The summed E-state index contributed by atoms with van der Waals surface area (Å²) in [4.78, 5) is 26.4. The monoisotopic (exact) mass is 428 g/mol. The van der Waals surface area contributed by atoms with Crippen molar-refractivity contribution in [1.82, 2.24) is 4.90 Å². The van der Waals surface area contributed by atoms with Crippen molar-refractivity contribution >= 4 is 44.9 Å². The lowest BCUT2D eigenvalue weighted by atomic mass is 10.1. The van der Waals surface area contributed by atoms with Crippen LogP contribution in [-0.4, -0.2) is 22.7 Å². The molecule has 0 aromatic heterocycles. The van der Waals surface area contributed by atoms with Crippen molar-refractivity contribution in [3.63, 3.8) is 0 Å². The number of ether oxygens (including phenoxy) is 1. The number of nitrogens with zero attached hydrogens (tertiary/aromatic N) is 2. The van der Waals surface area contributed by atoms with Gasteiger partial charge in [0, 0.05) is 10.0 Å². The van der Waals surface area contributed by atoms with Crippen molar-refractivity contribution < 1.29 is 14.3 Å². The van der Waals surface area contributed by atoms with Gasteiger partial charge in [-0.3, -0.25) is 14.5 Å². The van der Waals surface area contributed by atoms with E-state index in [1.165, 1.54) is 4.90 Å². The molecule has 0 spiro atoms. The molecule has 2 amide bonds. The van der Waals surface area contributed by atoms with Gasteiger partial charge in [-0.25, -0.2) is 0 Å². The number of para-hydroxylation sites is 1. The van der Waals surface area contributed by atoms with Gasteiger partial charge in [-0.05, 0) is 41.6 Å². The number of amides is 2. The molecule has 0 saturated carbocycles. The van der Waals surface area contributed by atoms with Gasteiger partial charge in [-0.1, -0.05) is 46.3 Å². The average molecular weight is 429 g/mol. The number of carbonyl (C=O) groups excluding carboxylic acids is 2. The molecule has 3 rings (SSSR count). The summed E-state index contributed by atoms with van der Waals surface area (Å²) < 4.78 is 6.30. The average Bonchev–Trinajstić information content (AvgIpc) is 2.90.